The van der Waals surface area contributed by atoms with Crippen LogP contribution in [-0.4, -0.2) is 33.8 Å². The standard InChI is InChI=1S/C22H31N3O3/c1-5-16(3)23-22(27)19-15-28-20(24-19)14-25(17(4)6-2)21(26)13-12-18-10-8-7-9-11-18/h7-11,15-17H,5-6,12-14H2,1-4H3,(H,23,27)/t16-,17-/m0/s1. The van der Waals surface area contributed by atoms with Gasteiger partial charge in [0.1, 0.15) is 6.26 Å². The third-order valence-corrected chi connectivity index (χ3v) is 4.99. The van der Waals surface area contributed by atoms with Crippen LogP contribution < -0.4 is 5.32 Å². The zero-order valence-electron chi connectivity index (χ0n) is 17.3. The zero-order chi connectivity index (χ0) is 20.5. The molecule has 0 aliphatic rings. The summed E-state index contributed by atoms with van der Waals surface area (Å²) in [5.74, 6) is 0.180. The molecule has 2 aromatic rings. The summed E-state index contributed by atoms with van der Waals surface area (Å²) in [4.78, 5) is 31.1. The SMILES string of the molecule is CC[C@H](C)NC(=O)c1coc(CN(C(=O)CCc2ccccc2)[C@@H](C)CC)n1. The van der Waals surface area contributed by atoms with Gasteiger partial charge < -0.3 is 14.6 Å². The third-order valence-electron chi connectivity index (χ3n) is 4.99. The van der Waals surface area contributed by atoms with E-state index in [4.69, 9.17) is 4.42 Å². The molecule has 0 bridgehead atoms. The molecule has 2 rings (SSSR count). The van der Waals surface area contributed by atoms with Crippen molar-refractivity contribution in [3.8, 4) is 0 Å². The summed E-state index contributed by atoms with van der Waals surface area (Å²) in [6.07, 6.45) is 4.15. The molecule has 2 amide bonds. The molecule has 0 saturated heterocycles. The van der Waals surface area contributed by atoms with E-state index in [1.54, 1.807) is 4.90 Å². The van der Waals surface area contributed by atoms with Crippen LogP contribution in [0.4, 0.5) is 0 Å². The molecule has 28 heavy (non-hydrogen) atoms. The van der Waals surface area contributed by atoms with Crippen molar-refractivity contribution in [3.05, 3.63) is 53.7 Å². The lowest BCUT2D eigenvalue weighted by Crippen LogP contribution is -2.38. The van der Waals surface area contributed by atoms with Gasteiger partial charge in [-0.25, -0.2) is 4.98 Å². The Morgan fingerprint density at radius 2 is 1.86 bits per heavy atom. The summed E-state index contributed by atoms with van der Waals surface area (Å²) in [5.41, 5.74) is 1.39. The minimum absolute atomic E-state index is 0.0574. The molecule has 152 valence electrons. The van der Waals surface area contributed by atoms with E-state index < -0.39 is 0 Å². The average Bonchev–Trinajstić information content (AvgIpc) is 3.19. The number of rotatable bonds is 10. The third kappa shape index (κ3) is 6.22. The van der Waals surface area contributed by atoms with Gasteiger partial charge in [0, 0.05) is 18.5 Å². The van der Waals surface area contributed by atoms with E-state index in [0.717, 1.165) is 18.4 Å². The van der Waals surface area contributed by atoms with Gasteiger partial charge in [0.15, 0.2) is 5.69 Å². The monoisotopic (exact) mass is 385 g/mol. The molecule has 0 aliphatic carbocycles. The highest BCUT2D eigenvalue weighted by Crippen LogP contribution is 2.14. The molecule has 0 unspecified atom stereocenters. The number of hydrogen-bond acceptors (Lipinski definition) is 4. The highest BCUT2D eigenvalue weighted by molar-refractivity contribution is 5.92. The molecule has 0 radical (unpaired) electrons. The lowest BCUT2D eigenvalue weighted by molar-refractivity contribution is -0.134. The predicted octanol–water partition coefficient (Wildman–Crippen LogP) is 3.96. The van der Waals surface area contributed by atoms with Crippen molar-refractivity contribution in [2.75, 3.05) is 0 Å². The van der Waals surface area contributed by atoms with Gasteiger partial charge in [-0.2, -0.15) is 0 Å². The van der Waals surface area contributed by atoms with Gasteiger partial charge in [0.25, 0.3) is 5.91 Å². The van der Waals surface area contributed by atoms with E-state index in [-0.39, 0.29) is 36.1 Å². The van der Waals surface area contributed by atoms with E-state index in [1.807, 2.05) is 58.0 Å². The fourth-order valence-corrected chi connectivity index (χ4v) is 2.78. The van der Waals surface area contributed by atoms with Gasteiger partial charge in [-0.05, 0) is 38.7 Å². The Kier molecular flexibility index (Phi) is 8.23. The van der Waals surface area contributed by atoms with Crippen LogP contribution in [0.1, 0.15) is 68.9 Å². The summed E-state index contributed by atoms with van der Waals surface area (Å²) in [6, 6.07) is 10.1. The lowest BCUT2D eigenvalue weighted by Gasteiger charge is -2.27. The summed E-state index contributed by atoms with van der Waals surface area (Å²) >= 11 is 0. The minimum Gasteiger partial charge on any atom is -0.446 e. The second-order valence-electron chi connectivity index (χ2n) is 7.17. The number of carbonyl (C=O) groups excluding carboxylic acids is 2. The highest BCUT2D eigenvalue weighted by atomic mass is 16.3. The van der Waals surface area contributed by atoms with Crippen molar-refractivity contribution in [2.24, 2.45) is 0 Å². The zero-order valence-corrected chi connectivity index (χ0v) is 17.3. The van der Waals surface area contributed by atoms with Crippen molar-refractivity contribution >= 4 is 11.8 Å². The fraction of sp³-hybridized carbons (Fsp3) is 0.500. The molecule has 1 aromatic heterocycles. The average molecular weight is 386 g/mol. The summed E-state index contributed by atoms with van der Waals surface area (Å²) in [6.45, 7) is 8.26. The van der Waals surface area contributed by atoms with E-state index in [2.05, 4.69) is 10.3 Å². The van der Waals surface area contributed by atoms with Gasteiger partial charge in [-0.3, -0.25) is 9.59 Å². The van der Waals surface area contributed by atoms with Crippen molar-refractivity contribution in [2.45, 2.75) is 72.0 Å². The second kappa shape index (κ2) is 10.6. The van der Waals surface area contributed by atoms with E-state index in [1.165, 1.54) is 6.26 Å². The Morgan fingerprint density at radius 3 is 2.50 bits per heavy atom. The molecular weight excluding hydrogens is 354 g/mol. The van der Waals surface area contributed by atoms with Crippen molar-refractivity contribution in [1.29, 1.82) is 0 Å². The molecule has 0 saturated carbocycles. The number of benzene rings is 1. The van der Waals surface area contributed by atoms with Crippen molar-refractivity contribution in [3.63, 3.8) is 0 Å². The van der Waals surface area contributed by atoms with Crippen LogP contribution in [0.25, 0.3) is 0 Å². The van der Waals surface area contributed by atoms with E-state index in [9.17, 15) is 9.59 Å². The minimum atomic E-state index is -0.255. The Hall–Kier alpha value is -2.63. The van der Waals surface area contributed by atoms with Gasteiger partial charge in [-0.1, -0.05) is 44.2 Å². The molecule has 1 N–H and O–H groups in total. The Balaban J connectivity index is 2.01. The normalized spacial score (nSPS) is 13.0. The highest BCUT2D eigenvalue weighted by Gasteiger charge is 2.22. The summed E-state index contributed by atoms with van der Waals surface area (Å²) in [5, 5.41) is 2.87. The predicted molar refractivity (Wildman–Crippen MR) is 109 cm³/mol. The maximum absolute atomic E-state index is 12.8. The first kappa shape index (κ1) is 21.7. The van der Waals surface area contributed by atoms with Crippen LogP contribution in [0.5, 0.6) is 0 Å². The number of amides is 2. The number of aryl methyl sites for hydroxylation is 1. The van der Waals surface area contributed by atoms with Crippen LogP contribution in [0, 0.1) is 0 Å². The van der Waals surface area contributed by atoms with Crippen LogP contribution in [0.15, 0.2) is 41.0 Å². The Labute approximate surface area is 167 Å². The van der Waals surface area contributed by atoms with Crippen LogP contribution >= 0.6 is 0 Å². The first-order valence-corrected chi connectivity index (χ1v) is 10.0. The smallest absolute Gasteiger partial charge is 0.273 e. The molecule has 1 aromatic carbocycles. The maximum atomic E-state index is 12.8. The van der Waals surface area contributed by atoms with Crippen LogP contribution in [-0.2, 0) is 17.8 Å². The van der Waals surface area contributed by atoms with E-state index in [0.29, 0.717) is 18.7 Å². The molecule has 0 spiro atoms. The van der Waals surface area contributed by atoms with Gasteiger partial charge in [0.2, 0.25) is 11.8 Å². The van der Waals surface area contributed by atoms with Crippen LogP contribution in [0.2, 0.25) is 0 Å². The summed E-state index contributed by atoms with van der Waals surface area (Å²) in [7, 11) is 0. The van der Waals surface area contributed by atoms with Crippen LogP contribution in [0.3, 0.4) is 0 Å². The maximum Gasteiger partial charge on any atom is 0.273 e. The number of hydrogen-bond donors (Lipinski definition) is 1. The Bertz CT molecular complexity index is 757. The molecular formula is C22H31N3O3. The molecule has 1 heterocycles. The summed E-state index contributed by atoms with van der Waals surface area (Å²) < 4.78 is 5.47. The fourth-order valence-electron chi connectivity index (χ4n) is 2.78. The molecule has 0 aliphatic heterocycles. The number of aromatic nitrogens is 1. The molecule has 6 nitrogen and oxygen atoms in total. The van der Waals surface area contributed by atoms with Crippen molar-refractivity contribution < 1.29 is 14.0 Å². The number of nitrogens with one attached hydrogen (secondary N) is 1. The first-order chi connectivity index (χ1) is 13.4. The van der Waals surface area contributed by atoms with Gasteiger partial charge >= 0.3 is 0 Å². The van der Waals surface area contributed by atoms with E-state index >= 15 is 0 Å². The number of carbonyl (C=O) groups is 2. The second-order valence-corrected chi connectivity index (χ2v) is 7.17. The molecule has 0 fully saturated rings. The Morgan fingerprint density at radius 1 is 1.14 bits per heavy atom. The lowest BCUT2D eigenvalue weighted by atomic mass is 10.1. The van der Waals surface area contributed by atoms with Crippen molar-refractivity contribution in [1.82, 2.24) is 15.2 Å². The quantitative estimate of drug-likeness (QED) is 0.672. The molecule has 2 atom stereocenters. The number of nitrogens with zero attached hydrogens (tertiary/aromatic N) is 2. The first-order valence-electron chi connectivity index (χ1n) is 10.0. The largest absolute Gasteiger partial charge is 0.446 e. The van der Waals surface area contributed by atoms with Gasteiger partial charge in [-0.15, -0.1) is 0 Å². The topological polar surface area (TPSA) is 75.4 Å². The molecule has 6 heteroatoms. The van der Waals surface area contributed by atoms with Gasteiger partial charge in [0.05, 0.1) is 6.54 Å². The number of oxazole rings is 1.